The van der Waals surface area contributed by atoms with E-state index in [9.17, 15) is 9.90 Å². The number of carbonyl (C=O) groups is 1. The first-order valence-corrected chi connectivity index (χ1v) is 8.76. The van der Waals surface area contributed by atoms with Crippen LogP contribution in [-0.4, -0.2) is 44.2 Å². The molecule has 0 bridgehead atoms. The van der Waals surface area contributed by atoms with Gasteiger partial charge in [-0.1, -0.05) is 12.1 Å². The number of rotatable bonds is 5. The summed E-state index contributed by atoms with van der Waals surface area (Å²) in [5, 5.41) is 13.0. The van der Waals surface area contributed by atoms with Crippen LogP contribution in [-0.2, 0) is 11.3 Å². The Kier molecular flexibility index (Phi) is 4.40. The second kappa shape index (κ2) is 6.30. The number of hydrogen-bond donors (Lipinski definition) is 2. The zero-order chi connectivity index (χ0) is 15.6. The van der Waals surface area contributed by atoms with E-state index in [1.165, 1.54) is 0 Å². The van der Waals surface area contributed by atoms with E-state index in [-0.39, 0.29) is 5.91 Å². The molecule has 2 aromatic rings. The lowest BCUT2D eigenvalue weighted by atomic mass is 10.0. The van der Waals surface area contributed by atoms with E-state index in [1.54, 1.807) is 11.8 Å². The number of fused-ring (bicyclic) bond motifs is 1. The fourth-order valence-corrected chi connectivity index (χ4v) is 4.05. The zero-order valence-corrected chi connectivity index (χ0v) is 13.5. The van der Waals surface area contributed by atoms with Crippen molar-refractivity contribution in [1.29, 1.82) is 0 Å². The number of benzene rings is 1. The van der Waals surface area contributed by atoms with Gasteiger partial charge in [0.1, 0.15) is 5.82 Å². The van der Waals surface area contributed by atoms with E-state index in [2.05, 4.69) is 20.9 Å². The monoisotopic (exact) mass is 319 g/mol. The van der Waals surface area contributed by atoms with Gasteiger partial charge in [0.05, 0.1) is 11.0 Å². The van der Waals surface area contributed by atoms with Gasteiger partial charge in [0.15, 0.2) is 5.60 Å². The van der Waals surface area contributed by atoms with Crippen LogP contribution in [0.2, 0.25) is 0 Å². The number of para-hydroxylation sites is 2. The average molecular weight is 319 g/mol. The molecular weight excluding hydrogens is 298 g/mol. The maximum absolute atomic E-state index is 12.0. The van der Waals surface area contributed by atoms with Crippen LogP contribution in [0.1, 0.15) is 18.7 Å². The number of aliphatic hydroxyl groups is 1. The van der Waals surface area contributed by atoms with Gasteiger partial charge in [0, 0.05) is 18.8 Å². The summed E-state index contributed by atoms with van der Waals surface area (Å²) in [5.41, 5.74) is 0.959. The fourth-order valence-electron chi connectivity index (χ4n) is 2.82. The number of nitrogens with zero attached hydrogens (tertiary/aromatic N) is 2. The van der Waals surface area contributed by atoms with Crippen LogP contribution in [0, 0.1) is 6.92 Å². The summed E-state index contributed by atoms with van der Waals surface area (Å²) in [6.07, 6.45) is 1.37. The topological polar surface area (TPSA) is 67.2 Å². The molecule has 0 radical (unpaired) electrons. The Balaban J connectivity index is 1.54. The molecule has 1 fully saturated rings. The largest absolute Gasteiger partial charge is 0.379 e. The van der Waals surface area contributed by atoms with Crippen LogP contribution in [0.3, 0.4) is 0 Å². The Morgan fingerprint density at radius 1 is 1.50 bits per heavy atom. The molecule has 1 aliphatic heterocycles. The summed E-state index contributed by atoms with van der Waals surface area (Å²) >= 11 is 1.63. The van der Waals surface area contributed by atoms with E-state index in [4.69, 9.17) is 0 Å². The molecule has 2 heterocycles. The molecule has 0 spiro atoms. The van der Waals surface area contributed by atoms with Crippen molar-refractivity contribution < 1.29 is 9.90 Å². The van der Waals surface area contributed by atoms with E-state index < -0.39 is 5.60 Å². The Labute approximate surface area is 134 Å². The Morgan fingerprint density at radius 3 is 3.09 bits per heavy atom. The number of hydrogen-bond acceptors (Lipinski definition) is 4. The lowest BCUT2D eigenvalue weighted by molar-refractivity contribution is -0.137. The van der Waals surface area contributed by atoms with Gasteiger partial charge in [0.2, 0.25) is 0 Å². The van der Waals surface area contributed by atoms with Crippen molar-refractivity contribution in [2.75, 3.05) is 18.1 Å². The molecule has 1 aromatic heterocycles. The van der Waals surface area contributed by atoms with Crippen molar-refractivity contribution >= 4 is 28.7 Å². The molecule has 22 heavy (non-hydrogen) atoms. The molecule has 3 rings (SSSR count). The number of carbonyl (C=O) groups excluding carboxylic acids is 1. The predicted octanol–water partition coefficient (Wildman–Crippen LogP) is 1.72. The molecule has 1 saturated heterocycles. The molecule has 1 unspecified atom stereocenters. The van der Waals surface area contributed by atoms with Crippen molar-refractivity contribution in [3.05, 3.63) is 30.1 Å². The van der Waals surface area contributed by atoms with Crippen molar-refractivity contribution in [2.24, 2.45) is 0 Å². The third-order valence-corrected chi connectivity index (χ3v) is 5.29. The smallest absolute Gasteiger partial charge is 0.252 e. The maximum Gasteiger partial charge on any atom is 0.252 e. The van der Waals surface area contributed by atoms with Gasteiger partial charge in [-0.25, -0.2) is 4.98 Å². The molecule has 1 atom stereocenters. The third kappa shape index (κ3) is 2.98. The van der Waals surface area contributed by atoms with Crippen LogP contribution >= 0.6 is 11.8 Å². The van der Waals surface area contributed by atoms with Gasteiger partial charge in [-0.05, 0) is 37.7 Å². The second-order valence-corrected chi connectivity index (χ2v) is 6.85. The van der Waals surface area contributed by atoms with Gasteiger partial charge in [0.25, 0.3) is 5.91 Å². The van der Waals surface area contributed by atoms with Crippen molar-refractivity contribution in [2.45, 2.75) is 31.9 Å². The highest BCUT2D eigenvalue weighted by Gasteiger charge is 2.39. The van der Waals surface area contributed by atoms with Crippen LogP contribution < -0.4 is 5.32 Å². The quantitative estimate of drug-likeness (QED) is 0.824. The summed E-state index contributed by atoms with van der Waals surface area (Å²) in [6, 6.07) is 8.06. The van der Waals surface area contributed by atoms with Crippen molar-refractivity contribution in [1.82, 2.24) is 14.9 Å². The minimum Gasteiger partial charge on any atom is -0.379 e. The molecule has 5 nitrogen and oxygen atoms in total. The highest BCUT2D eigenvalue weighted by Crippen LogP contribution is 2.27. The minimum absolute atomic E-state index is 0.232. The van der Waals surface area contributed by atoms with Gasteiger partial charge >= 0.3 is 0 Å². The highest BCUT2D eigenvalue weighted by atomic mass is 32.2. The second-order valence-electron chi connectivity index (χ2n) is 5.74. The lowest BCUT2D eigenvalue weighted by Gasteiger charge is -2.20. The first kappa shape index (κ1) is 15.4. The highest BCUT2D eigenvalue weighted by molar-refractivity contribution is 7.99. The normalized spacial score (nSPS) is 21.4. The van der Waals surface area contributed by atoms with Crippen LogP contribution in [0.15, 0.2) is 24.3 Å². The standard InChI is InChI=1S/C16H21N3O2S/c1-12-18-13-5-2-3-6-14(13)19(12)9-4-8-17-15(20)16(21)7-10-22-11-16/h2-3,5-6,21H,4,7-11H2,1H3,(H,17,20). The Hall–Kier alpha value is -1.53. The van der Waals surface area contributed by atoms with E-state index in [1.807, 2.05) is 25.1 Å². The van der Waals surface area contributed by atoms with Crippen LogP contribution in [0.5, 0.6) is 0 Å². The molecule has 1 amide bonds. The Morgan fingerprint density at radius 2 is 2.32 bits per heavy atom. The predicted molar refractivity (Wildman–Crippen MR) is 89.0 cm³/mol. The first-order chi connectivity index (χ1) is 10.6. The van der Waals surface area contributed by atoms with Gasteiger partial charge in [-0.15, -0.1) is 0 Å². The molecule has 118 valence electrons. The van der Waals surface area contributed by atoms with Crippen LogP contribution in [0.4, 0.5) is 0 Å². The Bertz CT molecular complexity index is 677. The molecule has 2 N–H and O–H groups in total. The number of aromatic nitrogens is 2. The summed E-state index contributed by atoms with van der Waals surface area (Å²) < 4.78 is 2.17. The zero-order valence-electron chi connectivity index (χ0n) is 12.7. The van der Waals surface area contributed by atoms with E-state index in [0.717, 1.165) is 35.6 Å². The lowest BCUT2D eigenvalue weighted by Crippen LogP contribution is -2.47. The molecule has 1 aliphatic rings. The van der Waals surface area contributed by atoms with Crippen molar-refractivity contribution in [3.8, 4) is 0 Å². The SMILES string of the molecule is Cc1nc2ccccc2n1CCCNC(=O)C1(O)CCSC1. The molecule has 6 heteroatoms. The fraction of sp³-hybridized carbons (Fsp3) is 0.500. The maximum atomic E-state index is 12.0. The van der Waals surface area contributed by atoms with Crippen LogP contribution in [0.25, 0.3) is 11.0 Å². The summed E-state index contributed by atoms with van der Waals surface area (Å²) in [4.78, 5) is 16.5. The number of aryl methyl sites for hydroxylation is 2. The van der Waals surface area contributed by atoms with Gasteiger partial charge < -0.3 is 15.0 Å². The number of imidazole rings is 1. The number of nitrogens with one attached hydrogen (secondary N) is 1. The minimum atomic E-state index is -1.16. The number of thioether (sulfide) groups is 1. The third-order valence-electron chi connectivity index (χ3n) is 4.11. The molecular formula is C16H21N3O2S. The summed E-state index contributed by atoms with van der Waals surface area (Å²) in [6.45, 7) is 3.37. The van der Waals surface area contributed by atoms with Crippen molar-refractivity contribution in [3.63, 3.8) is 0 Å². The molecule has 1 aromatic carbocycles. The molecule has 0 aliphatic carbocycles. The van der Waals surface area contributed by atoms with Gasteiger partial charge in [-0.3, -0.25) is 4.79 Å². The average Bonchev–Trinajstić information content (AvgIpc) is 3.08. The summed E-state index contributed by atoms with van der Waals surface area (Å²) in [5.74, 6) is 2.11. The van der Waals surface area contributed by atoms with E-state index in [0.29, 0.717) is 18.7 Å². The molecule has 0 saturated carbocycles. The number of amides is 1. The first-order valence-electron chi connectivity index (χ1n) is 7.60. The van der Waals surface area contributed by atoms with Gasteiger partial charge in [-0.2, -0.15) is 11.8 Å². The van der Waals surface area contributed by atoms with E-state index >= 15 is 0 Å². The summed E-state index contributed by atoms with van der Waals surface area (Å²) in [7, 11) is 0.